The topological polar surface area (TPSA) is 46.3 Å². The average molecular weight is 249 g/mol. The van der Waals surface area contributed by atoms with Gasteiger partial charge < -0.3 is 10.6 Å². The predicted octanol–water partition coefficient (Wildman–Crippen LogP) is 2.18. The molecular formula is C12H25ClN2O. The molecule has 0 aromatic carbocycles. The van der Waals surface area contributed by atoms with Gasteiger partial charge in [0.1, 0.15) is 0 Å². The van der Waals surface area contributed by atoms with Crippen LogP contribution in [0.3, 0.4) is 0 Å². The van der Waals surface area contributed by atoms with E-state index in [9.17, 15) is 4.79 Å². The Balaban J connectivity index is 0.00000225. The normalized spacial score (nSPS) is 16.8. The molecule has 1 rings (SSSR count). The lowest BCUT2D eigenvalue weighted by Gasteiger charge is -2.26. The van der Waals surface area contributed by atoms with E-state index in [0.717, 1.165) is 19.4 Å². The number of nitrogens with zero attached hydrogens (tertiary/aromatic N) is 1. The van der Waals surface area contributed by atoms with Crippen LogP contribution in [-0.2, 0) is 4.79 Å². The maximum Gasteiger partial charge on any atom is 0.239 e. The molecule has 1 atom stereocenters. The zero-order valence-corrected chi connectivity index (χ0v) is 11.4. The number of nitrogens with two attached hydrogens (primary N) is 1. The number of hydrogen-bond acceptors (Lipinski definition) is 2. The highest BCUT2D eigenvalue weighted by Crippen LogP contribution is 2.28. The summed E-state index contributed by atoms with van der Waals surface area (Å²) in [5.41, 5.74) is 5.80. The quantitative estimate of drug-likeness (QED) is 0.783. The van der Waals surface area contributed by atoms with Crippen molar-refractivity contribution in [3.8, 4) is 0 Å². The van der Waals surface area contributed by atoms with E-state index < -0.39 is 0 Å². The van der Waals surface area contributed by atoms with E-state index in [1.165, 1.54) is 12.8 Å². The first-order valence-electron chi connectivity index (χ1n) is 6.12. The smallest absolute Gasteiger partial charge is 0.239 e. The minimum atomic E-state index is -0.294. The van der Waals surface area contributed by atoms with E-state index in [0.29, 0.717) is 12.0 Å². The van der Waals surface area contributed by atoms with Crippen LogP contribution >= 0.6 is 12.4 Å². The van der Waals surface area contributed by atoms with Gasteiger partial charge in [-0.3, -0.25) is 4.79 Å². The van der Waals surface area contributed by atoms with Crippen molar-refractivity contribution in [2.24, 2.45) is 11.7 Å². The molecule has 3 nitrogen and oxygen atoms in total. The molecule has 1 fully saturated rings. The molecule has 1 amide bonds. The number of amides is 1. The third kappa shape index (κ3) is 4.71. The number of carbonyl (C=O) groups is 1. The van der Waals surface area contributed by atoms with Gasteiger partial charge in [-0.1, -0.05) is 20.8 Å². The highest BCUT2D eigenvalue weighted by Gasteiger charge is 2.33. The molecule has 0 saturated heterocycles. The van der Waals surface area contributed by atoms with Crippen LogP contribution in [0.4, 0.5) is 0 Å². The molecule has 0 aromatic heterocycles. The molecule has 0 aliphatic heterocycles. The van der Waals surface area contributed by atoms with E-state index in [4.69, 9.17) is 5.73 Å². The van der Waals surface area contributed by atoms with Gasteiger partial charge in [-0.15, -0.1) is 12.4 Å². The first-order chi connectivity index (χ1) is 7.06. The van der Waals surface area contributed by atoms with E-state index >= 15 is 0 Å². The molecule has 0 aromatic rings. The Morgan fingerprint density at radius 1 is 1.44 bits per heavy atom. The maximum absolute atomic E-state index is 12.0. The van der Waals surface area contributed by atoms with Crippen molar-refractivity contribution in [3.05, 3.63) is 0 Å². The molecule has 1 saturated carbocycles. The lowest BCUT2D eigenvalue weighted by Crippen LogP contribution is -2.45. The fourth-order valence-corrected chi connectivity index (χ4v) is 1.64. The van der Waals surface area contributed by atoms with Crippen molar-refractivity contribution in [2.45, 2.75) is 58.5 Å². The Hall–Kier alpha value is -0.280. The molecule has 0 spiro atoms. The Labute approximate surface area is 105 Å². The highest BCUT2D eigenvalue weighted by molar-refractivity contribution is 5.85. The summed E-state index contributed by atoms with van der Waals surface area (Å²) in [6.07, 6.45) is 4.16. The summed E-state index contributed by atoms with van der Waals surface area (Å²) in [4.78, 5) is 14.0. The molecule has 0 radical (unpaired) electrons. The molecular weight excluding hydrogens is 224 g/mol. The SMILES string of the molecule is CC[C@H](N)C(=O)N(CCC(C)C)C1CC1.Cl. The summed E-state index contributed by atoms with van der Waals surface area (Å²) >= 11 is 0. The summed E-state index contributed by atoms with van der Waals surface area (Å²) in [5, 5.41) is 0. The molecule has 16 heavy (non-hydrogen) atoms. The van der Waals surface area contributed by atoms with Crippen LogP contribution in [0, 0.1) is 5.92 Å². The van der Waals surface area contributed by atoms with Gasteiger partial charge in [0.25, 0.3) is 0 Å². The van der Waals surface area contributed by atoms with Gasteiger partial charge in [0.2, 0.25) is 5.91 Å². The Kier molecular flexibility index (Phi) is 7.00. The van der Waals surface area contributed by atoms with Crippen molar-refractivity contribution in [3.63, 3.8) is 0 Å². The van der Waals surface area contributed by atoms with Crippen molar-refractivity contribution < 1.29 is 4.79 Å². The van der Waals surface area contributed by atoms with Gasteiger partial charge in [-0.05, 0) is 31.6 Å². The van der Waals surface area contributed by atoms with Gasteiger partial charge in [-0.25, -0.2) is 0 Å². The first kappa shape index (κ1) is 15.7. The molecule has 1 aliphatic carbocycles. The summed E-state index contributed by atoms with van der Waals surface area (Å²) in [5.74, 6) is 0.803. The number of hydrogen-bond donors (Lipinski definition) is 1. The van der Waals surface area contributed by atoms with E-state index in [-0.39, 0.29) is 24.4 Å². The summed E-state index contributed by atoms with van der Waals surface area (Å²) < 4.78 is 0. The van der Waals surface area contributed by atoms with Crippen molar-refractivity contribution >= 4 is 18.3 Å². The molecule has 1 aliphatic rings. The second kappa shape index (κ2) is 7.13. The van der Waals surface area contributed by atoms with E-state index in [2.05, 4.69) is 13.8 Å². The summed E-state index contributed by atoms with van der Waals surface area (Å²) in [6, 6.07) is 0.201. The van der Waals surface area contributed by atoms with Crippen LogP contribution in [0.15, 0.2) is 0 Å². The fraction of sp³-hybridized carbons (Fsp3) is 0.917. The second-order valence-corrected chi connectivity index (χ2v) is 4.96. The minimum absolute atomic E-state index is 0. The lowest BCUT2D eigenvalue weighted by molar-refractivity contribution is -0.133. The van der Waals surface area contributed by atoms with Gasteiger partial charge in [0, 0.05) is 12.6 Å². The number of halogens is 1. The van der Waals surface area contributed by atoms with Crippen LogP contribution in [0.25, 0.3) is 0 Å². The van der Waals surface area contributed by atoms with Crippen LogP contribution in [0.1, 0.15) is 46.5 Å². The highest BCUT2D eigenvalue weighted by atomic mass is 35.5. The maximum atomic E-state index is 12.0. The largest absolute Gasteiger partial charge is 0.338 e. The van der Waals surface area contributed by atoms with Crippen LogP contribution in [0.2, 0.25) is 0 Å². The lowest BCUT2D eigenvalue weighted by atomic mass is 10.1. The third-order valence-electron chi connectivity index (χ3n) is 2.98. The Bertz CT molecular complexity index is 217. The van der Waals surface area contributed by atoms with Crippen molar-refractivity contribution in [1.82, 2.24) is 4.90 Å². The summed E-state index contributed by atoms with van der Waals surface area (Å²) in [6.45, 7) is 7.23. The van der Waals surface area contributed by atoms with Crippen LogP contribution in [-0.4, -0.2) is 29.4 Å². The molecule has 0 unspecified atom stereocenters. The van der Waals surface area contributed by atoms with Gasteiger partial charge in [-0.2, -0.15) is 0 Å². The standard InChI is InChI=1S/C12H24N2O.ClH/c1-4-11(13)12(15)14(10-5-6-10)8-7-9(2)3;/h9-11H,4-8,13H2,1-3H3;1H/t11-;/m0./s1. The number of carbonyl (C=O) groups excluding carboxylic acids is 1. The van der Waals surface area contributed by atoms with Gasteiger partial charge in [0.15, 0.2) is 0 Å². The monoisotopic (exact) mass is 248 g/mol. The Morgan fingerprint density at radius 2 is 2.00 bits per heavy atom. The van der Waals surface area contributed by atoms with Crippen molar-refractivity contribution in [2.75, 3.05) is 6.54 Å². The fourth-order valence-electron chi connectivity index (χ4n) is 1.64. The molecule has 0 bridgehead atoms. The average Bonchev–Trinajstić information content (AvgIpc) is 3.00. The van der Waals surface area contributed by atoms with E-state index in [1.54, 1.807) is 0 Å². The van der Waals surface area contributed by atoms with Gasteiger partial charge in [0.05, 0.1) is 6.04 Å². The molecule has 0 heterocycles. The molecule has 4 heteroatoms. The Morgan fingerprint density at radius 3 is 2.38 bits per heavy atom. The predicted molar refractivity (Wildman–Crippen MR) is 69.7 cm³/mol. The first-order valence-corrected chi connectivity index (χ1v) is 6.12. The zero-order valence-electron chi connectivity index (χ0n) is 10.6. The second-order valence-electron chi connectivity index (χ2n) is 4.96. The summed E-state index contributed by atoms with van der Waals surface area (Å²) in [7, 11) is 0. The number of rotatable bonds is 6. The third-order valence-corrected chi connectivity index (χ3v) is 2.98. The molecule has 96 valence electrons. The van der Waals surface area contributed by atoms with Crippen LogP contribution < -0.4 is 5.73 Å². The van der Waals surface area contributed by atoms with Gasteiger partial charge >= 0.3 is 0 Å². The van der Waals surface area contributed by atoms with Crippen molar-refractivity contribution in [1.29, 1.82) is 0 Å². The molecule has 2 N–H and O–H groups in total. The minimum Gasteiger partial charge on any atom is -0.338 e. The van der Waals surface area contributed by atoms with Crippen LogP contribution in [0.5, 0.6) is 0 Å². The van der Waals surface area contributed by atoms with E-state index in [1.807, 2.05) is 11.8 Å². The zero-order chi connectivity index (χ0) is 11.4.